The van der Waals surface area contributed by atoms with Gasteiger partial charge in [0.15, 0.2) is 0 Å². The molecule has 0 aliphatic rings. The standard InChI is InChI=1S/C15H12FNO3/c1-10-5-6-11(9-17-10)20-14-4-2-3-13(16)12(14)7-8-15(18)19/h2-9H,1H3,(H,18,19)/b8-7+. The van der Waals surface area contributed by atoms with Crippen molar-refractivity contribution >= 4 is 12.0 Å². The molecule has 0 amide bonds. The summed E-state index contributed by atoms with van der Waals surface area (Å²) < 4.78 is 19.3. The number of carboxylic acid groups (broad SMARTS) is 1. The van der Waals surface area contributed by atoms with Crippen LogP contribution >= 0.6 is 0 Å². The summed E-state index contributed by atoms with van der Waals surface area (Å²) in [5.74, 6) is -1.03. The third kappa shape index (κ3) is 3.41. The van der Waals surface area contributed by atoms with Crippen LogP contribution in [-0.4, -0.2) is 16.1 Å². The van der Waals surface area contributed by atoms with Crippen molar-refractivity contribution in [1.82, 2.24) is 4.98 Å². The van der Waals surface area contributed by atoms with Crippen LogP contribution in [0, 0.1) is 12.7 Å². The molecule has 0 aliphatic carbocycles. The summed E-state index contributed by atoms with van der Waals surface area (Å²) in [7, 11) is 0. The van der Waals surface area contributed by atoms with Gasteiger partial charge in [0.2, 0.25) is 0 Å². The highest BCUT2D eigenvalue weighted by Crippen LogP contribution is 2.28. The van der Waals surface area contributed by atoms with Gasteiger partial charge in [0, 0.05) is 11.8 Å². The van der Waals surface area contributed by atoms with E-state index in [4.69, 9.17) is 9.84 Å². The van der Waals surface area contributed by atoms with E-state index in [9.17, 15) is 9.18 Å². The Kier molecular flexibility index (Phi) is 4.10. The number of carboxylic acids is 1. The van der Waals surface area contributed by atoms with E-state index < -0.39 is 11.8 Å². The molecule has 102 valence electrons. The van der Waals surface area contributed by atoms with Crippen molar-refractivity contribution in [2.45, 2.75) is 6.92 Å². The summed E-state index contributed by atoms with van der Waals surface area (Å²) in [6, 6.07) is 7.76. The first-order valence-electron chi connectivity index (χ1n) is 5.86. The second kappa shape index (κ2) is 5.97. The monoisotopic (exact) mass is 273 g/mol. The first-order chi connectivity index (χ1) is 9.56. The first kappa shape index (κ1) is 13.7. The van der Waals surface area contributed by atoms with Crippen LogP contribution in [0.5, 0.6) is 11.5 Å². The number of halogens is 1. The number of aliphatic carboxylic acids is 1. The molecule has 1 aromatic carbocycles. The van der Waals surface area contributed by atoms with Gasteiger partial charge in [-0.25, -0.2) is 9.18 Å². The minimum absolute atomic E-state index is 0.0791. The Morgan fingerprint density at radius 3 is 2.80 bits per heavy atom. The number of hydrogen-bond acceptors (Lipinski definition) is 3. The van der Waals surface area contributed by atoms with Gasteiger partial charge in [-0.1, -0.05) is 6.07 Å². The normalized spacial score (nSPS) is 10.7. The Morgan fingerprint density at radius 2 is 2.15 bits per heavy atom. The van der Waals surface area contributed by atoms with Crippen LogP contribution in [0.25, 0.3) is 6.08 Å². The predicted octanol–water partition coefficient (Wildman–Crippen LogP) is 3.42. The predicted molar refractivity (Wildman–Crippen MR) is 72.1 cm³/mol. The SMILES string of the molecule is Cc1ccc(Oc2cccc(F)c2/C=C/C(=O)O)cn1. The molecule has 0 unspecified atom stereocenters. The van der Waals surface area contributed by atoms with E-state index in [1.807, 2.05) is 6.92 Å². The maximum atomic E-state index is 13.7. The van der Waals surface area contributed by atoms with Crippen molar-refractivity contribution in [1.29, 1.82) is 0 Å². The molecular weight excluding hydrogens is 261 g/mol. The van der Waals surface area contributed by atoms with Crippen molar-refractivity contribution in [3.63, 3.8) is 0 Å². The Morgan fingerprint density at radius 1 is 1.35 bits per heavy atom. The number of hydrogen-bond donors (Lipinski definition) is 1. The molecule has 1 aromatic heterocycles. The molecule has 2 aromatic rings. The van der Waals surface area contributed by atoms with E-state index in [0.717, 1.165) is 17.8 Å². The van der Waals surface area contributed by atoms with Gasteiger partial charge in [-0.15, -0.1) is 0 Å². The van der Waals surface area contributed by atoms with Crippen LogP contribution in [0.4, 0.5) is 4.39 Å². The average Bonchev–Trinajstić information content (AvgIpc) is 2.40. The molecular formula is C15H12FNO3. The molecule has 1 heterocycles. The zero-order valence-corrected chi connectivity index (χ0v) is 10.7. The van der Waals surface area contributed by atoms with Crippen LogP contribution < -0.4 is 4.74 Å². The molecule has 4 nitrogen and oxygen atoms in total. The van der Waals surface area contributed by atoms with Gasteiger partial charge in [-0.05, 0) is 37.3 Å². The smallest absolute Gasteiger partial charge is 0.328 e. The maximum Gasteiger partial charge on any atom is 0.328 e. The molecule has 1 N–H and O–H groups in total. The fourth-order valence-electron chi connectivity index (χ4n) is 1.56. The van der Waals surface area contributed by atoms with Crippen molar-refractivity contribution in [2.75, 3.05) is 0 Å². The number of aryl methyl sites for hydroxylation is 1. The van der Waals surface area contributed by atoms with Gasteiger partial charge in [-0.3, -0.25) is 4.98 Å². The maximum absolute atomic E-state index is 13.7. The average molecular weight is 273 g/mol. The van der Waals surface area contributed by atoms with Crippen LogP contribution in [0.3, 0.4) is 0 Å². The molecule has 20 heavy (non-hydrogen) atoms. The zero-order valence-electron chi connectivity index (χ0n) is 10.7. The van der Waals surface area contributed by atoms with E-state index in [-0.39, 0.29) is 11.3 Å². The number of carbonyl (C=O) groups is 1. The topological polar surface area (TPSA) is 59.4 Å². The van der Waals surface area contributed by atoms with E-state index in [1.165, 1.54) is 18.3 Å². The Hall–Kier alpha value is -2.69. The lowest BCUT2D eigenvalue weighted by Crippen LogP contribution is -1.93. The van der Waals surface area contributed by atoms with Gasteiger partial charge < -0.3 is 9.84 Å². The third-order valence-corrected chi connectivity index (χ3v) is 2.52. The van der Waals surface area contributed by atoms with Crippen LogP contribution in [-0.2, 0) is 4.79 Å². The molecule has 0 saturated carbocycles. The van der Waals surface area contributed by atoms with E-state index in [0.29, 0.717) is 5.75 Å². The summed E-state index contributed by atoms with van der Waals surface area (Å²) in [5, 5.41) is 8.62. The lowest BCUT2D eigenvalue weighted by Gasteiger charge is -2.09. The molecule has 0 aliphatic heterocycles. The van der Waals surface area contributed by atoms with Crippen LogP contribution in [0.2, 0.25) is 0 Å². The molecule has 0 fully saturated rings. The van der Waals surface area contributed by atoms with Crippen molar-refractivity contribution in [2.24, 2.45) is 0 Å². The first-order valence-corrected chi connectivity index (χ1v) is 5.86. The number of pyridine rings is 1. The Balaban J connectivity index is 2.33. The Labute approximate surface area is 115 Å². The van der Waals surface area contributed by atoms with Crippen LogP contribution in [0.1, 0.15) is 11.3 Å². The fraction of sp³-hybridized carbons (Fsp3) is 0.0667. The summed E-state index contributed by atoms with van der Waals surface area (Å²) in [4.78, 5) is 14.6. The number of nitrogens with zero attached hydrogens (tertiary/aromatic N) is 1. The summed E-state index contributed by atoms with van der Waals surface area (Å²) in [5.41, 5.74) is 0.915. The highest BCUT2D eigenvalue weighted by molar-refractivity contribution is 5.86. The van der Waals surface area contributed by atoms with Crippen molar-refractivity contribution in [3.05, 3.63) is 59.7 Å². The van der Waals surface area contributed by atoms with Gasteiger partial charge in [-0.2, -0.15) is 0 Å². The highest BCUT2D eigenvalue weighted by atomic mass is 19.1. The van der Waals surface area contributed by atoms with Gasteiger partial charge >= 0.3 is 5.97 Å². The van der Waals surface area contributed by atoms with E-state index >= 15 is 0 Å². The van der Waals surface area contributed by atoms with Crippen LogP contribution in [0.15, 0.2) is 42.6 Å². The lowest BCUT2D eigenvalue weighted by molar-refractivity contribution is -0.131. The second-order valence-electron chi connectivity index (χ2n) is 4.06. The summed E-state index contributed by atoms with van der Waals surface area (Å²) in [6.07, 6.45) is 3.54. The van der Waals surface area contributed by atoms with Crippen molar-refractivity contribution in [3.8, 4) is 11.5 Å². The molecule has 5 heteroatoms. The molecule has 0 saturated heterocycles. The van der Waals surface area contributed by atoms with Crippen molar-refractivity contribution < 1.29 is 19.0 Å². The number of aromatic nitrogens is 1. The Bertz CT molecular complexity index is 651. The quantitative estimate of drug-likeness (QED) is 0.867. The van der Waals surface area contributed by atoms with Gasteiger partial charge in [0.25, 0.3) is 0 Å². The largest absolute Gasteiger partial charge is 0.478 e. The highest BCUT2D eigenvalue weighted by Gasteiger charge is 2.08. The molecule has 0 spiro atoms. The lowest BCUT2D eigenvalue weighted by atomic mass is 10.1. The number of benzene rings is 1. The van der Waals surface area contributed by atoms with E-state index in [1.54, 1.807) is 18.2 Å². The molecule has 0 atom stereocenters. The fourth-order valence-corrected chi connectivity index (χ4v) is 1.56. The molecule has 2 rings (SSSR count). The van der Waals surface area contributed by atoms with Gasteiger partial charge in [0.05, 0.1) is 11.8 Å². The zero-order chi connectivity index (χ0) is 14.5. The van der Waals surface area contributed by atoms with E-state index in [2.05, 4.69) is 4.98 Å². The summed E-state index contributed by atoms with van der Waals surface area (Å²) in [6.45, 7) is 1.84. The molecule has 0 bridgehead atoms. The third-order valence-electron chi connectivity index (χ3n) is 2.52. The number of ether oxygens (including phenoxy) is 1. The minimum Gasteiger partial charge on any atom is -0.478 e. The number of rotatable bonds is 4. The second-order valence-corrected chi connectivity index (χ2v) is 4.06. The van der Waals surface area contributed by atoms with Gasteiger partial charge in [0.1, 0.15) is 17.3 Å². The summed E-state index contributed by atoms with van der Waals surface area (Å²) >= 11 is 0. The minimum atomic E-state index is -1.16. The molecule has 0 radical (unpaired) electrons.